The average molecular weight is 248 g/mol. The molecule has 1 aliphatic rings. The Balaban J connectivity index is 1.78. The Morgan fingerprint density at radius 2 is 1.67 bits per heavy atom. The van der Waals surface area contributed by atoms with Crippen LogP contribution in [-0.2, 0) is 6.42 Å². The van der Waals surface area contributed by atoms with Crippen LogP contribution in [0.25, 0.3) is 0 Å². The van der Waals surface area contributed by atoms with Crippen LogP contribution in [0.2, 0.25) is 0 Å². The van der Waals surface area contributed by atoms with E-state index in [1.165, 1.54) is 24.8 Å². The number of rotatable bonds is 5. The molecule has 1 saturated carbocycles. The summed E-state index contributed by atoms with van der Waals surface area (Å²) in [7, 11) is 0. The molecule has 0 aliphatic heterocycles. The second-order valence-corrected chi connectivity index (χ2v) is 5.48. The first kappa shape index (κ1) is 13.6. The minimum Gasteiger partial charge on any atom is -0.390 e. The van der Waals surface area contributed by atoms with Crippen molar-refractivity contribution in [3.05, 3.63) is 35.9 Å². The summed E-state index contributed by atoms with van der Waals surface area (Å²) < 4.78 is 0. The summed E-state index contributed by atoms with van der Waals surface area (Å²) in [5, 5.41) is 20.3. The van der Waals surface area contributed by atoms with Crippen LogP contribution in [-0.4, -0.2) is 22.4 Å². The first-order valence-corrected chi connectivity index (χ1v) is 7.17. The molecule has 0 radical (unpaired) electrons. The molecule has 100 valence electrons. The van der Waals surface area contributed by atoms with Crippen molar-refractivity contribution in [3.63, 3.8) is 0 Å². The van der Waals surface area contributed by atoms with E-state index < -0.39 is 12.2 Å². The fourth-order valence-electron chi connectivity index (χ4n) is 2.92. The van der Waals surface area contributed by atoms with E-state index in [1.54, 1.807) is 0 Å². The third-order valence-corrected chi connectivity index (χ3v) is 4.10. The topological polar surface area (TPSA) is 40.5 Å². The first-order valence-electron chi connectivity index (χ1n) is 7.17. The molecule has 2 unspecified atom stereocenters. The van der Waals surface area contributed by atoms with Crippen LogP contribution >= 0.6 is 0 Å². The summed E-state index contributed by atoms with van der Waals surface area (Å²) in [6.07, 6.45) is 6.21. The standard InChI is InChI=1S/C16H24O2/c17-15(12-11-13-7-3-1-4-8-13)16(18)14-9-5-2-6-10-14/h1,3-4,7-8,14-18H,2,5-6,9-12H2. The molecule has 1 aromatic rings. The molecule has 0 amide bonds. The minimum absolute atomic E-state index is 0.310. The normalized spacial score (nSPS) is 20.6. The molecule has 0 spiro atoms. The predicted octanol–water partition coefficient (Wildman–Crippen LogP) is 2.92. The van der Waals surface area contributed by atoms with E-state index in [2.05, 4.69) is 12.1 Å². The number of hydrogen-bond donors (Lipinski definition) is 2. The Morgan fingerprint density at radius 3 is 2.33 bits per heavy atom. The molecule has 0 bridgehead atoms. The highest BCUT2D eigenvalue weighted by Crippen LogP contribution is 2.28. The lowest BCUT2D eigenvalue weighted by Crippen LogP contribution is -2.35. The summed E-state index contributed by atoms with van der Waals surface area (Å²) in [5.41, 5.74) is 1.23. The smallest absolute Gasteiger partial charge is 0.0827 e. The zero-order valence-electron chi connectivity index (χ0n) is 11.0. The number of benzene rings is 1. The molecule has 1 aliphatic carbocycles. The highest BCUT2D eigenvalue weighted by molar-refractivity contribution is 5.14. The van der Waals surface area contributed by atoms with Gasteiger partial charge in [0.15, 0.2) is 0 Å². The zero-order valence-corrected chi connectivity index (χ0v) is 11.0. The van der Waals surface area contributed by atoms with Crippen molar-refractivity contribution in [2.75, 3.05) is 0 Å². The molecule has 0 aromatic heterocycles. The molecule has 2 N–H and O–H groups in total. The monoisotopic (exact) mass is 248 g/mol. The van der Waals surface area contributed by atoms with Crippen LogP contribution in [0.4, 0.5) is 0 Å². The lowest BCUT2D eigenvalue weighted by molar-refractivity contribution is -0.0302. The summed E-state index contributed by atoms with van der Waals surface area (Å²) in [4.78, 5) is 0. The van der Waals surface area contributed by atoms with Crippen molar-refractivity contribution >= 4 is 0 Å². The maximum absolute atomic E-state index is 10.2. The van der Waals surface area contributed by atoms with Gasteiger partial charge >= 0.3 is 0 Å². The number of hydrogen-bond acceptors (Lipinski definition) is 2. The molecular formula is C16H24O2. The fourth-order valence-corrected chi connectivity index (χ4v) is 2.92. The van der Waals surface area contributed by atoms with Crippen molar-refractivity contribution < 1.29 is 10.2 Å². The third kappa shape index (κ3) is 3.82. The number of aliphatic hydroxyl groups excluding tert-OH is 2. The van der Waals surface area contributed by atoms with Crippen LogP contribution in [0, 0.1) is 5.92 Å². The maximum Gasteiger partial charge on any atom is 0.0827 e. The summed E-state index contributed by atoms with van der Waals surface area (Å²) in [6, 6.07) is 10.2. The lowest BCUT2D eigenvalue weighted by atomic mass is 9.82. The quantitative estimate of drug-likeness (QED) is 0.841. The van der Waals surface area contributed by atoms with E-state index >= 15 is 0 Å². The van der Waals surface area contributed by atoms with E-state index in [-0.39, 0.29) is 0 Å². The van der Waals surface area contributed by atoms with Gasteiger partial charge in [0, 0.05) is 0 Å². The van der Waals surface area contributed by atoms with Gasteiger partial charge in [0.1, 0.15) is 0 Å². The molecule has 2 heteroatoms. The molecule has 2 nitrogen and oxygen atoms in total. The van der Waals surface area contributed by atoms with Crippen LogP contribution < -0.4 is 0 Å². The molecule has 2 atom stereocenters. The maximum atomic E-state index is 10.2. The molecule has 0 heterocycles. The summed E-state index contributed by atoms with van der Waals surface area (Å²) >= 11 is 0. The number of aliphatic hydroxyl groups is 2. The van der Waals surface area contributed by atoms with E-state index in [0.717, 1.165) is 19.3 Å². The molecule has 1 fully saturated rings. The van der Waals surface area contributed by atoms with E-state index in [1.807, 2.05) is 18.2 Å². The Kier molecular flexibility index (Phi) is 5.21. The zero-order chi connectivity index (χ0) is 12.8. The Morgan fingerprint density at radius 1 is 1.00 bits per heavy atom. The molecular weight excluding hydrogens is 224 g/mol. The van der Waals surface area contributed by atoms with Crippen molar-refractivity contribution in [2.24, 2.45) is 5.92 Å². The SMILES string of the molecule is OC(CCc1ccccc1)C(O)C1CCCCC1. The summed E-state index contributed by atoms with van der Waals surface area (Å²) in [6.45, 7) is 0. The van der Waals surface area contributed by atoms with Gasteiger partial charge in [0.05, 0.1) is 12.2 Å². The van der Waals surface area contributed by atoms with Gasteiger partial charge in [0.2, 0.25) is 0 Å². The van der Waals surface area contributed by atoms with E-state index in [9.17, 15) is 10.2 Å². The van der Waals surface area contributed by atoms with E-state index in [4.69, 9.17) is 0 Å². The van der Waals surface area contributed by atoms with Crippen molar-refractivity contribution in [1.82, 2.24) is 0 Å². The Hall–Kier alpha value is -0.860. The van der Waals surface area contributed by atoms with Crippen molar-refractivity contribution in [1.29, 1.82) is 0 Å². The highest BCUT2D eigenvalue weighted by atomic mass is 16.3. The van der Waals surface area contributed by atoms with E-state index in [0.29, 0.717) is 12.3 Å². The fraction of sp³-hybridized carbons (Fsp3) is 0.625. The van der Waals surface area contributed by atoms with Gasteiger partial charge in [-0.25, -0.2) is 0 Å². The van der Waals surface area contributed by atoms with Crippen LogP contribution in [0.3, 0.4) is 0 Å². The van der Waals surface area contributed by atoms with Gasteiger partial charge in [-0.1, -0.05) is 49.6 Å². The van der Waals surface area contributed by atoms with Gasteiger partial charge in [-0.3, -0.25) is 0 Å². The molecule has 18 heavy (non-hydrogen) atoms. The van der Waals surface area contributed by atoms with Gasteiger partial charge in [-0.05, 0) is 37.2 Å². The van der Waals surface area contributed by atoms with Crippen molar-refractivity contribution in [3.8, 4) is 0 Å². The van der Waals surface area contributed by atoms with Gasteiger partial charge < -0.3 is 10.2 Å². The molecule has 0 saturated heterocycles. The minimum atomic E-state index is -0.576. The Bertz CT molecular complexity index is 330. The van der Waals surface area contributed by atoms with Gasteiger partial charge in [-0.2, -0.15) is 0 Å². The predicted molar refractivity (Wildman–Crippen MR) is 73.4 cm³/mol. The van der Waals surface area contributed by atoms with Crippen LogP contribution in [0.1, 0.15) is 44.1 Å². The first-order chi connectivity index (χ1) is 8.77. The highest BCUT2D eigenvalue weighted by Gasteiger charge is 2.27. The van der Waals surface area contributed by atoms with Crippen LogP contribution in [0.5, 0.6) is 0 Å². The van der Waals surface area contributed by atoms with Crippen molar-refractivity contribution in [2.45, 2.75) is 57.2 Å². The van der Waals surface area contributed by atoms with Gasteiger partial charge in [0.25, 0.3) is 0 Å². The summed E-state index contributed by atoms with van der Waals surface area (Å²) in [5.74, 6) is 0.310. The Labute approximate surface area is 110 Å². The van der Waals surface area contributed by atoms with Crippen LogP contribution in [0.15, 0.2) is 30.3 Å². The largest absolute Gasteiger partial charge is 0.390 e. The average Bonchev–Trinajstić information content (AvgIpc) is 2.46. The molecule has 1 aromatic carbocycles. The second-order valence-electron chi connectivity index (χ2n) is 5.48. The third-order valence-electron chi connectivity index (χ3n) is 4.10. The second kappa shape index (κ2) is 6.91. The molecule has 2 rings (SSSR count). The number of aryl methyl sites for hydroxylation is 1. The lowest BCUT2D eigenvalue weighted by Gasteiger charge is -2.29. The van der Waals surface area contributed by atoms with Gasteiger partial charge in [-0.15, -0.1) is 0 Å².